The average Bonchev–Trinajstić information content (AvgIpc) is 2.38. The molecule has 2 aromatic rings. The molecule has 0 aliphatic carbocycles. The highest BCUT2D eigenvalue weighted by atomic mass is 35.5. The highest BCUT2D eigenvalue weighted by Crippen LogP contribution is 2.23. The van der Waals surface area contributed by atoms with Gasteiger partial charge in [-0.15, -0.1) is 12.4 Å². The minimum Gasteiger partial charge on any atom is -0.472 e. The first-order chi connectivity index (χ1) is 9.08. The molecule has 1 aromatic carbocycles. The maximum atomic E-state index is 7.44. The van der Waals surface area contributed by atoms with Gasteiger partial charge in [0.15, 0.2) is 0 Å². The highest BCUT2D eigenvalue weighted by Gasteiger charge is 2.09. The average molecular weight is 333 g/mol. The molecule has 0 saturated carbocycles. The number of pyridine rings is 1. The Morgan fingerprint density at radius 1 is 1.30 bits per heavy atom. The number of amidine groups is 1. The molecule has 0 atom stereocenters. The van der Waals surface area contributed by atoms with Crippen molar-refractivity contribution in [1.82, 2.24) is 4.98 Å². The fourth-order valence-electron chi connectivity index (χ4n) is 1.50. The second-order valence-corrected chi connectivity index (χ2v) is 4.64. The molecule has 0 amide bonds. The van der Waals surface area contributed by atoms with Crippen LogP contribution in [0, 0.1) is 5.41 Å². The molecular weight excluding hydrogens is 321 g/mol. The van der Waals surface area contributed by atoms with Crippen LogP contribution in [0.25, 0.3) is 0 Å². The van der Waals surface area contributed by atoms with E-state index in [2.05, 4.69) is 4.98 Å². The monoisotopic (exact) mass is 331 g/mol. The van der Waals surface area contributed by atoms with Crippen molar-refractivity contribution < 1.29 is 4.74 Å². The van der Waals surface area contributed by atoms with Crippen molar-refractivity contribution in [1.29, 1.82) is 5.41 Å². The largest absolute Gasteiger partial charge is 0.472 e. The van der Waals surface area contributed by atoms with Crippen molar-refractivity contribution in [2.75, 3.05) is 0 Å². The number of aromatic nitrogens is 1. The smallest absolute Gasteiger partial charge is 0.224 e. The fraction of sp³-hybridized carbons (Fsp3) is 0.0769. The van der Waals surface area contributed by atoms with Crippen molar-refractivity contribution in [3.63, 3.8) is 0 Å². The third-order valence-corrected chi connectivity index (χ3v) is 3.03. The van der Waals surface area contributed by atoms with Gasteiger partial charge in [0.05, 0.1) is 5.56 Å². The quantitative estimate of drug-likeness (QED) is 0.663. The third kappa shape index (κ3) is 4.00. The zero-order valence-electron chi connectivity index (χ0n) is 10.3. The summed E-state index contributed by atoms with van der Waals surface area (Å²) in [6.07, 6.45) is 1.57. The lowest BCUT2D eigenvalue weighted by atomic mass is 10.2. The van der Waals surface area contributed by atoms with Crippen LogP contribution in [-0.4, -0.2) is 10.8 Å². The van der Waals surface area contributed by atoms with Crippen LogP contribution in [0.1, 0.15) is 11.1 Å². The number of halogens is 3. The van der Waals surface area contributed by atoms with E-state index < -0.39 is 0 Å². The van der Waals surface area contributed by atoms with Crippen LogP contribution < -0.4 is 10.5 Å². The number of nitrogen functional groups attached to an aromatic ring is 1. The number of nitrogens with zero attached hydrogens (tertiary/aromatic N) is 1. The lowest BCUT2D eigenvalue weighted by Crippen LogP contribution is -2.13. The molecule has 0 aliphatic rings. The molecule has 0 unspecified atom stereocenters. The number of nitrogens with two attached hydrogens (primary N) is 1. The minimum absolute atomic E-state index is 0. The molecule has 0 fully saturated rings. The Balaban J connectivity index is 0.00000200. The van der Waals surface area contributed by atoms with Crippen molar-refractivity contribution in [2.45, 2.75) is 6.61 Å². The van der Waals surface area contributed by atoms with Crippen LogP contribution in [0.3, 0.4) is 0 Å². The molecule has 0 bridgehead atoms. The van der Waals surface area contributed by atoms with Gasteiger partial charge in [-0.3, -0.25) is 5.41 Å². The van der Waals surface area contributed by atoms with E-state index in [1.54, 1.807) is 36.5 Å². The summed E-state index contributed by atoms with van der Waals surface area (Å²) < 4.78 is 5.55. The van der Waals surface area contributed by atoms with Crippen molar-refractivity contribution in [2.24, 2.45) is 5.73 Å². The molecule has 3 N–H and O–H groups in total. The van der Waals surface area contributed by atoms with Crippen molar-refractivity contribution in [3.8, 4) is 5.88 Å². The molecule has 0 saturated heterocycles. The number of hydrogen-bond acceptors (Lipinski definition) is 3. The van der Waals surface area contributed by atoms with Crippen LogP contribution in [0.15, 0.2) is 36.5 Å². The summed E-state index contributed by atoms with van der Waals surface area (Å²) in [7, 11) is 0. The molecule has 7 heteroatoms. The van der Waals surface area contributed by atoms with Gasteiger partial charge in [0.1, 0.15) is 12.4 Å². The Kier molecular flexibility index (Phi) is 6.07. The van der Waals surface area contributed by atoms with Crippen LogP contribution in [0.2, 0.25) is 10.0 Å². The first-order valence-corrected chi connectivity index (χ1v) is 6.19. The van der Waals surface area contributed by atoms with Gasteiger partial charge >= 0.3 is 0 Å². The molecule has 1 heterocycles. The molecule has 2 rings (SSSR count). The van der Waals surface area contributed by atoms with E-state index in [9.17, 15) is 0 Å². The molecule has 0 radical (unpaired) electrons. The number of rotatable bonds is 4. The molecule has 106 valence electrons. The van der Waals surface area contributed by atoms with Gasteiger partial charge in [-0.05, 0) is 24.3 Å². The van der Waals surface area contributed by atoms with Crippen LogP contribution in [0.5, 0.6) is 5.88 Å². The van der Waals surface area contributed by atoms with Gasteiger partial charge in [-0.25, -0.2) is 4.98 Å². The maximum absolute atomic E-state index is 7.44. The van der Waals surface area contributed by atoms with E-state index in [-0.39, 0.29) is 24.8 Å². The Labute approximate surface area is 132 Å². The normalized spacial score (nSPS) is 9.70. The van der Waals surface area contributed by atoms with E-state index in [0.29, 0.717) is 21.5 Å². The highest BCUT2D eigenvalue weighted by molar-refractivity contribution is 6.35. The van der Waals surface area contributed by atoms with Crippen LogP contribution in [-0.2, 0) is 6.61 Å². The summed E-state index contributed by atoms with van der Waals surface area (Å²) in [5, 5.41) is 8.53. The first kappa shape index (κ1) is 16.6. The molecule has 1 aromatic heterocycles. The predicted octanol–water partition coefficient (Wildman–Crippen LogP) is 3.67. The van der Waals surface area contributed by atoms with Crippen molar-refractivity contribution in [3.05, 3.63) is 57.7 Å². The number of ether oxygens (including phenoxy) is 1. The van der Waals surface area contributed by atoms with Gasteiger partial charge in [-0.2, -0.15) is 0 Å². The minimum atomic E-state index is -0.0923. The zero-order valence-corrected chi connectivity index (χ0v) is 12.6. The molecule has 4 nitrogen and oxygen atoms in total. The van der Waals surface area contributed by atoms with Crippen LogP contribution in [0.4, 0.5) is 0 Å². The standard InChI is InChI=1S/C13H11Cl2N3O.ClH/c14-9-4-3-8(11(15)6-9)7-19-13-10(12(16)17)2-1-5-18-13;/h1-6H,7H2,(H3,16,17);1H. The van der Waals surface area contributed by atoms with Gasteiger partial charge in [-0.1, -0.05) is 29.3 Å². The number of hydrogen-bond donors (Lipinski definition) is 2. The molecular formula is C13H12Cl3N3O. The molecule has 0 spiro atoms. The third-order valence-electron chi connectivity index (χ3n) is 2.44. The summed E-state index contributed by atoms with van der Waals surface area (Å²) >= 11 is 11.9. The topological polar surface area (TPSA) is 72.0 Å². The van der Waals surface area contributed by atoms with E-state index in [1.165, 1.54) is 0 Å². The Morgan fingerprint density at radius 2 is 2.05 bits per heavy atom. The van der Waals surface area contributed by atoms with Gasteiger partial charge in [0, 0.05) is 21.8 Å². The molecule has 0 aliphatic heterocycles. The summed E-state index contributed by atoms with van der Waals surface area (Å²) in [4.78, 5) is 4.05. The predicted molar refractivity (Wildman–Crippen MR) is 83.3 cm³/mol. The van der Waals surface area contributed by atoms with E-state index in [4.69, 9.17) is 39.1 Å². The van der Waals surface area contributed by atoms with Gasteiger partial charge in [0.25, 0.3) is 0 Å². The second-order valence-electron chi connectivity index (χ2n) is 3.79. The van der Waals surface area contributed by atoms with E-state index >= 15 is 0 Å². The summed E-state index contributed by atoms with van der Waals surface area (Å²) in [5.74, 6) is 0.214. The number of nitrogens with one attached hydrogen (secondary N) is 1. The Hall–Kier alpha value is -1.49. The Bertz CT molecular complexity index is 620. The fourth-order valence-corrected chi connectivity index (χ4v) is 1.96. The summed E-state index contributed by atoms with van der Waals surface area (Å²) in [6.45, 7) is 0.229. The molecule has 20 heavy (non-hydrogen) atoms. The van der Waals surface area contributed by atoms with Crippen molar-refractivity contribution >= 4 is 41.4 Å². The lowest BCUT2D eigenvalue weighted by molar-refractivity contribution is 0.293. The summed E-state index contributed by atoms with van der Waals surface area (Å²) in [6, 6.07) is 8.52. The number of benzene rings is 1. The lowest BCUT2D eigenvalue weighted by Gasteiger charge is -2.10. The second kappa shape index (κ2) is 7.33. The Morgan fingerprint density at radius 3 is 2.70 bits per heavy atom. The van der Waals surface area contributed by atoms with E-state index in [1.807, 2.05) is 0 Å². The zero-order chi connectivity index (χ0) is 13.8. The van der Waals surface area contributed by atoms with Crippen LogP contribution >= 0.6 is 35.6 Å². The van der Waals surface area contributed by atoms with Gasteiger partial charge < -0.3 is 10.5 Å². The van der Waals surface area contributed by atoms with E-state index in [0.717, 1.165) is 5.56 Å². The maximum Gasteiger partial charge on any atom is 0.224 e. The van der Waals surface area contributed by atoms with Gasteiger partial charge in [0.2, 0.25) is 5.88 Å². The SMILES string of the molecule is Cl.N=C(N)c1cccnc1OCc1ccc(Cl)cc1Cl. The first-order valence-electron chi connectivity index (χ1n) is 5.44. The summed E-state index contributed by atoms with van der Waals surface area (Å²) in [5.41, 5.74) is 6.69.